The van der Waals surface area contributed by atoms with E-state index in [1.54, 1.807) is 28.1 Å². The number of nitrogens with zero attached hydrogens (tertiary/aromatic N) is 2. The number of hydrogen-bond acceptors (Lipinski definition) is 3. The lowest BCUT2D eigenvalue weighted by Crippen LogP contribution is -2.43. The van der Waals surface area contributed by atoms with Gasteiger partial charge in [-0.1, -0.05) is 6.92 Å². The first-order valence-corrected chi connectivity index (χ1v) is 6.19. The van der Waals surface area contributed by atoms with Gasteiger partial charge in [-0.15, -0.1) is 0 Å². The highest BCUT2D eigenvalue weighted by molar-refractivity contribution is 5.79. The molecule has 2 N–H and O–H groups in total. The van der Waals surface area contributed by atoms with Crippen molar-refractivity contribution in [3.63, 3.8) is 0 Å². The number of amides is 3. The molecule has 0 saturated heterocycles. The van der Waals surface area contributed by atoms with Gasteiger partial charge in [0, 0.05) is 40.7 Å². The third-order valence-corrected chi connectivity index (χ3v) is 2.78. The zero-order chi connectivity index (χ0) is 15.0. The molecule has 0 aliphatic carbocycles. The van der Waals surface area contributed by atoms with E-state index in [2.05, 4.69) is 5.32 Å². The molecular formula is C12H23N3O4. The molecule has 0 fully saturated rings. The van der Waals surface area contributed by atoms with Crippen molar-refractivity contribution in [1.29, 1.82) is 0 Å². The second kappa shape index (κ2) is 8.34. The van der Waals surface area contributed by atoms with Crippen LogP contribution in [0.5, 0.6) is 0 Å². The summed E-state index contributed by atoms with van der Waals surface area (Å²) in [6.45, 7) is 2.44. The van der Waals surface area contributed by atoms with Gasteiger partial charge in [-0.25, -0.2) is 4.79 Å². The first-order chi connectivity index (χ1) is 8.79. The molecule has 7 heteroatoms. The molecule has 0 rings (SSSR count). The minimum Gasteiger partial charge on any atom is -0.481 e. The first-order valence-electron chi connectivity index (χ1n) is 6.19. The minimum atomic E-state index is -0.873. The lowest BCUT2D eigenvalue weighted by molar-refractivity contribution is -0.137. The maximum Gasteiger partial charge on any atom is 0.319 e. The van der Waals surface area contributed by atoms with Crippen LogP contribution in [0.25, 0.3) is 0 Å². The van der Waals surface area contributed by atoms with Gasteiger partial charge in [0.05, 0.1) is 5.92 Å². The molecule has 1 unspecified atom stereocenters. The monoisotopic (exact) mass is 273 g/mol. The quantitative estimate of drug-likeness (QED) is 0.694. The zero-order valence-corrected chi connectivity index (χ0v) is 12.0. The first kappa shape index (κ1) is 17.2. The number of urea groups is 1. The fraction of sp³-hybridized carbons (Fsp3) is 0.750. The fourth-order valence-corrected chi connectivity index (χ4v) is 1.67. The molecule has 0 bridgehead atoms. The van der Waals surface area contributed by atoms with Crippen molar-refractivity contribution in [2.75, 3.05) is 34.2 Å². The SMILES string of the molecule is CNC(=O)C(C)CN(C)C(=O)N(C)CCCC(=O)O. The topological polar surface area (TPSA) is 90.0 Å². The van der Waals surface area contributed by atoms with E-state index in [0.29, 0.717) is 19.5 Å². The van der Waals surface area contributed by atoms with Crippen molar-refractivity contribution in [2.45, 2.75) is 19.8 Å². The third kappa shape index (κ3) is 6.64. The largest absolute Gasteiger partial charge is 0.481 e. The molecule has 7 nitrogen and oxygen atoms in total. The van der Waals surface area contributed by atoms with Crippen LogP contribution in [0.15, 0.2) is 0 Å². The van der Waals surface area contributed by atoms with E-state index in [-0.39, 0.29) is 24.3 Å². The van der Waals surface area contributed by atoms with Crippen LogP contribution < -0.4 is 5.32 Å². The zero-order valence-electron chi connectivity index (χ0n) is 12.0. The molecule has 0 aliphatic heterocycles. The van der Waals surface area contributed by atoms with E-state index < -0.39 is 5.97 Å². The second-order valence-electron chi connectivity index (χ2n) is 4.60. The van der Waals surface area contributed by atoms with Crippen LogP contribution in [0.3, 0.4) is 0 Å². The van der Waals surface area contributed by atoms with Crippen molar-refractivity contribution < 1.29 is 19.5 Å². The molecule has 0 spiro atoms. The summed E-state index contributed by atoms with van der Waals surface area (Å²) in [5, 5.41) is 11.1. The van der Waals surface area contributed by atoms with Crippen molar-refractivity contribution in [2.24, 2.45) is 5.92 Å². The van der Waals surface area contributed by atoms with E-state index in [4.69, 9.17) is 5.11 Å². The van der Waals surface area contributed by atoms with Crippen LogP contribution in [0, 0.1) is 5.92 Å². The normalized spacial score (nSPS) is 11.6. The van der Waals surface area contributed by atoms with Crippen molar-refractivity contribution >= 4 is 17.9 Å². The van der Waals surface area contributed by atoms with E-state index in [1.807, 2.05) is 0 Å². The highest BCUT2D eigenvalue weighted by Crippen LogP contribution is 2.03. The van der Waals surface area contributed by atoms with E-state index in [0.717, 1.165) is 0 Å². The smallest absolute Gasteiger partial charge is 0.319 e. The predicted molar refractivity (Wildman–Crippen MR) is 70.8 cm³/mol. The highest BCUT2D eigenvalue weighted by Gasteiger charge is 2.19. The Hall–Kier alpha value is -1.79. The maximum atomic E-state index is 11.9. The Morgan fingerprint density at radius 1 is 1.21 bits per heavy atom. The molecular weight excluding hydrogens is 250 g/mol. The van der Waals surface area contributed by atoms with Gasteiger partial charge < -0.3 is 20.2 Å². The minimum absolute atomic E-state index is 0.0377. The number of rotatable bonds is 7. The fourth-order valence-electron chi connectivity index (χ4n) is 1.67. The number of hydrogen-bond donors (Lipinski definition) is 2. The molecule has 3 amide bonds. The summed E-state index contributed by atoms with van der Waals surface area (Å²) in [7, 11) is 4.79. The Morgan fingerprint density at radius 2 is 1.79 bits per heavy atom. The molecule has 19 heavy (non-hydrogen) atoms. The molecule has 0 aromatic heterocycles. The van der Waals surface area contributed by atoms with Gasteiger partial charge in [-0.05, 0) is 6.42 Å². The van der Waals surface area contributed by atoms with Crippen molar-refractivity contribution in [3.8, 4) is 0 Å². The number of carboxylic acid groups (broad SMARTS) is 1. The summed E-state index contributed by atoms with van der Waals surface area (Å²) in [6, 6.07) is -0.221. The van der Waals surface area contributed by atoms with E-state index in [1.165, 1.54) is 9.80 Å². The van der Waals surface area contributed by atoms with Crippen molar-refractivity contribution in [3.05, 3.63) is 0 Å². The molecule has 0 aromatic carbocycles. The van der Waals surface area contributed by atoms with Crippen molar-refractivity contribution in [1.82, 2.24) is 15.1 Å². The average Bonchev–Trinajstić information content (AvgIpc) is 2.35. The van der Waals surface area contributed by atoms with Gasteiger partial charge in [0.25, 0.3) is 0 Å². The van der Waals surface area contributed by atoms with Crippen LogP contribution in [0.4, 0.5) is 4.79 Å². The van der Waals surface area contributed by atoms with Crippen LogP contribution in [0.1, 0.15) is 19.8 Å². The Kier molecular flexibility index (Phi) is 7.55. The summed E-state index contributed by atoms with van der Waals surface area (Å²) in [6.07, 6.45) is 0.451. The van der Waals surface area contributed by atoms with E-state index in [9.17, 15) is 14.4 Å². The number of aliphatic carboxylic acids is 1. The summed E-state index contributed by atoms with van der Waals surface area (Å²) in [5.74, 6) is -1.28. The van der Waals surface area contributed by atoms with E-state index >= 15 is 0 Å². The lowest BCUT2D eigenvalue weighted by atomic mass is 10.1. The van der Waals surface area contributed by atoms with Crippen LogP contribution >= 0.6 is 0 Å². The maximum absolute atomic E-state index is 11.9. The van der Waals surface area contributed by atoms with Gasteiger partial charge in [0.15, 0.2) is 0 Å². The lowest BCUT2D eigenvalue weighted by Gasteiger charge is -2.26. The Labute approximate surface area is 113 Å². The molecule has 1 atom stereocenters. The summed E-state index contributed by atoms with van der Waals surface area (Å²) < 4.78 is 0. The average molecular weight is 273 g/mol. The van der Waals surface area contributed by atoms with Gasteiger partial charge in [-0.3, -0.25) is 9.59 Å². The highest BCUT2D eigenvalue weighted by atomic mass is 16.4. The number of carbonyl (C=O) groups excluding carboxylic acids is 2. The van der Waals surface area contributed by atoms with Crippen LogP contribution in [-0.2, 0) is 9.59 Å². The molecule has 0 heterocycles. The molecule has 0 aliphatic rings. The Bertz CT molecular complexity index is 333. The molecule has 110 valence electrons. The molecule has 0 aromatic rings. The molecule has 0 saturated carbocycles. The standard InChI is InChI=1S/C12H23N3O4/c1-9(11(18)13-2)8-15(4)12(19)14(3)7-5-6-10(16)17/h9H,5-8H2,1-4H3,(H,13,18)(H,16,17). The molecule has 0 radical (unpaired) electrons. The Morgan fingerprint density at radius 3 is 2.26 bits per heavy atom. The van der Waals surface area contributed by atoms with Gasteiger partial charge in [0.1, 0.15) is 0 Å². The van der Waals surface area contributed by atoms with Crippen LogP contribution in [-0.4, -0.2) is 67.0 Å². The number of carbonyl (C=O) groups is 3. The Balaban J connectivity index is 4.17. The second-order valence-corrected chi connectivity index (χ2v) is 4.60. The number of nitrogens with one attached hydrogen (secondary N) is 1. The van der Waals surface area contributed by atoms with Crippen LogP contribution in [0.2, 0.25) is 0 Å². The summed E-state index contributed by atoms with van der Waals surface area (Å²) in [5.41, 5.74) is 0. The van der Waals surface area contributed by atoms with Gasteiger partial charge in [-0.2, -0.15) is 0 Å². The van der Waals surface area contributed by atoms with Gasteiger partial charge >= 0.3 is 12.0 Å². The summed E-state index contributed by atoms with van der Waals surface area (Å²) in [4.78, 5) is 36.6. The predicted octanol–water partition coefficient (Wildman–Crippen LogP) is 0.217. The third-order valence-electron chi connectivity index (χ3n) is 2.78. The summed E-state index contributed by atoms with van der Waals surface area (Å²) >= 11 is 0. The number of carboxylic acids is 1. The van der Waals surface area contributed by atoms with Gasteiger partial charge in [0.2, 0.25) is 5.91 Å².